The van der Waals surface area contributed by atoms with Crippen LogP contribution in [0.2, 0.25) is 0 Å². The number of carbonyl (C=O) groups is 1. The molecule has 0 radical (unpaired) electrons. The quantitative estimate of drug-likeness (QED) is 0.749. The van der Waals surface area contributed by atoms with Crippen LogP contribution in [0, 0.1) is 17.3 Å². The Morgan fingerprint density at radius 1 is 1.27 bits per heavy atom. The highest BCUT2D eigenvalue weighted by atomic mass is 16.2. The fourth-order valence-corrected chi connectivity index (χ4v) is 1.00. The first-order chi connectivity index (χ1) is 6.66. The zero-order valence-corrected chi connectivity index (χ0v) is 10.9. The van der Waals surface area contributed by atoms with E-state index in [4.69, 9.17) is 5.73 Å². The van der Waals surface area contributed by atoms with Gasteiger partial charge in [-0.05, 0) is 17.3 Å². The summed E-state index contributed by atoms with van der Waals surface area (Å²) in [6, 6.07) is -0.433. The number of amides is 1. The van der Waals surface area contributed by atoms with Crippen molar-refractivity contribution in [1.82, 2.24) is 5.32 Å². The summed E-state index contributed by atoms with van der Waals surface area (Å²) in [5, 5.41) is 2.91. The summed E-state index contributed by atoms with van der Waals surface area (Å²) in [6.45, 7) is 13.1. The molecule has 0 spiro atoms. The van der Waals surface area contributed by atoms with Crippen LogP contribution in [0.5, 0.6) is 0 Å². The van der Waals surface area contributed by atoms with Crippen LogP contribution in [0.25, 0.3) is 0 Å². The maximum Gasteiger partial charge on any atom is 0.237 e. The molecule has 90 valence electrons. The molecule has 0 aliphatic carbocycles. The molecule has 1 amide bonds. The van der Waals surface area contributed by atoms with Crippen molar-refractivity contribution in [2.75, 3.05) is 6.54 Å². The van der Waals surface area contributed by atoms with E-state index in [0.717, 1.165) is 0 Å². The molecule has 15 heavy (non-hydrogen) atoms. The number of hydrogen-bond acceptors (Lipinski definition) is 2. The summed E-state index contributed by atoms with van der Waals surface area (Å²) in [7, 11) is 0. The molecule has 3 N–H and O–H groups in total. The minimum absolute atomic E-state index is 0.0463. The minimum atomic E-state index is -0.433. The van der Waals surface area contributed by atoms with Gasteiger partial charge >= 0.3 is 0 Å². The third-order valence-electron chi connectivity index (χ3n) is 2.95. The van der Waals surface area contributed by atoms with Crippen LogP contribution in [0.4, 0.5) is 0 Å². The van der Waals surface area contributed by atoms with E-state index in [0.29, 0.717) is 18.4 Å². The summed E-state index contributed by atoms with van der Waals surface area (Å²) in [5.41, 5.74) is 5.67. The monoisotopic (exact) mass is 214 g/mol. The SMILES string of the molecule is CC(C)C(C)CNC(=O)C(N)C(C)(C)C. The molecule has 0 aromatic rings. The second-order valence-corrected chi connectivity index (χ2v) is 5.81. The number of carbonyl (C=O) groups excluding carboxylic acids is 1. The number of nitrogens with two attached hydrogens (primary N) is 1. The number of nitrogens with one attached hydrogen (secondary N) is 1. The van der Waals surface area contributed by atoms with Crippen molar-refractivity contribution in [1.29, 1.82) is 0 Å². The second-order valence-electron chi connectivity index (χ2n) is 5.81. The molecule has 0 fully saturated rings. The molecule has 0 saturated carbocycles. The second kappa shape index (κ2) is 5.50. The Morgan fingerprint density at radius 3 is 2.07 bits per heavy atom. The maximum absolute atomic E-state index is 11.7. The number of rotatable bonds is 4. The lowest BCUT2D eigenvalue weighted by molar-refractivity contribution is -0.124. The highest BCUT2D eigenvalue weighted by Crippen LogP contribution is 2.17. The molecule has 0 aliphatic heterocycles. The van der Waals surface area contributed by atoms with Crippen molar-refractivity contribution in [2.24, 2.45) is 23.0 Å². The molecule has 0 aliphatic rings. The first-order valence-corrected chi connectivity index (χ1v) is 5.69. The lowest BCUT2D eigenvalue weighted by Crippen LogP contribution is -2.49. The summed E-state index contributed by atoms with van der Waals surface area (Å²) in [5.74, 6) is 1.02. The first-order valence-electron chi connectivity index (χ1n) is 5.69. The Bertz CT molecular complexity index is 206. The van der Waals surface area contributed by atoms with Gasteiger partial charge in [0.05, 0.1) is 6.04 Å². The van der Waals surface area contributed by atoms with Gasteiger partial charge in [0.1, 0.15) is 0 Å². The van der Waals surface area contributed by atoms with Crippen LogP contribution in [0.3, 0.4) is 0 Å². The molecule has 0 aromatic carbocycles. The van der Waals surface area contributed by atoms with Gasteiger partial charge in [-0.3, -0.25) is 4.79 Å². The summed E-state index contributed by atoms with van der Waals surface area (Å²) >= 11 is 0. The van der Waals surface area contributed by atoms with Crippen molar-refractivity contribution < 1.29 is 4.79 Å². The highest BCUT2D eigenvalue weighted by molar-refractivity contribution is 5.82. The van der Waals surface area contributed by atoms with Gasteiger partial charge in [0, 0.05) is 6.54 Å². The van der Waals surface area contributed by atoms with Crippen LogP contribution >= 0.6 is 0 Å². The van der Waals surface area contributed by atoms with Gasteiger partial charge in [-0.1, -0.05) is 41.5 Å². The maximum atomic E-state index is 11.7. The van der Waals surface area contributed by atoms with Crippen molar-refractivity contribution >= 4 is 5.91 Å². The molecule has 0 bridgehead atoms. The molecular weight excluding hydrogens is 188 g/mol. The fourth-order valence-electron chi connectivity index (χ4n) is 1.00. The van der Waals surface area contributed by atoms with Crippen molar-refractivity contribution in [3.05, 3.63) is 0 Å². The molecule has 3 heteroatoms. The zero-order chi connectivity index (χ0) is 12.2. The summed E-state index contributed by atoms with van der Waals surface area (Å²) in [6.07, 6.45) is 0. The molecule has 3 nitrogen and oxygen atoms in total. The standard InChI is InChI=1S/C12H26N2O/c1-8(2)9(3)7-14-11(15)10(13)12(4,5)6/h8-10H,7,13H2,1-6H3,(H,14,15). The van der Waals surface area contributed by atoms with Crippen LogP contribution in [0.15, 0.2) is 0 Å². The van der Waals surface area contributed by atoms with E-state index in [1.807, 2.05) is 20.8 Å². The van der Waals surface area contributed by atoms with Gasteiger partial charge in [0.15, 0.2) is 0 Å². The van der Waals surface area contributed by atoms with Crippen molar-refractivity contribution in [3.8, 4) is 0 Å². The fraction of sp³-hybridized carbons (Fsp3) is 0.917. The molecule has 0 rings (SSSR count). The summed E-state index contributed by atoms with van der Waals surface area (Å²) < 4.78 is 0. The third-order valence-corrected chi connectivity index (χ3v) is 2.95. The normalized spacial score (nSPS) is 16.3. The van der Waals surface area contributed by atoms with Crippen molar-refractivity contribution in [2.45, 2.75) is 47.6 Å². The topological polar surface area (TPSA) is 55.1 Å². The van der Waals surface area contributed by atoms with Crippen molar-refractivity contribution in [3.63, 3.8) is 0 Å². The van der Waals surface area contributed by atoms with Gasteiger partial charge in [-0.25, -0.2) is 0 Å². The molecule has 0 heterocycles. The minimum Gasteiger partial charge on any atom is -0.354 e. The van der Waals surface area contributed by atoms with Crippen LogP contribution in [-0.2, 0) is 4.79 Å². The van der Waals surface area contributed by atoms with Gasteiger partial charge < -0.3 is 11.1 Å². The van der Waals surface area contributed by atoms with E-state index >= 15 is 0 Å². The van der Waals surface area contributed by atoms with E-state index < -0.39 is 6.04 Å². The lowest BCUT2D eigenvalue weighted by Gasteiger charge is -2.26. The Balaban J connectivity index is 4.05. The molecule has 2 unspecified atom stereocenters. The van der Waals surface area contributed by atoms with Crippen LogP contribution in [-0.4, -0.2) is 18.5 Å². The number of hydrogen-bond donors (Lipinski definition) is 2. The predicted molar refractivity (Wildman–Crippen MR) is 64.4 cm³/mol. The predicted octanol–water partition coefficient (Wildman–Crippen LogP) is 1.77. The molecule has 2 atom stereocenters. The van der Waals surface area contributed by atoms with Gasteiger partial charge in [0.25, 0.3) is 0 Å². The average molecular weight is 214 g/mol. The highest BCUT2D eigenvalue weighted by Gasteiger charge is 2.27. The largest absolute Gasteiger partial charge is 0.354 e. The van der Waals surface area contributed by atoms with E-state index in [9.17, 15) is 4.79 Å². The van der Waals surface area contributed by atoms with Gasteiger partial charge in [-0.2, -0.15) is 0 Å². The Morgan fingerprint density at radius 2 is 1.73 bits per heavy atom. The Labute approximate surface area is 93.8 Å². The first kappa shape index (κ1) is 14.4. The smallest absolute Gasteiger partial charge is 0.237 e. The van der Waals surface area contributed by atoms with E-state index in [1.54, 1.807) is 0 Å². The van der Waals surface area contributed by atoms with Gasteiger partial charge in [-0.15, -0.1) is 0 Å². The molecule has 0 saturated heterocycles. The third kappa shape index (κ3) is 5.17. The lowest BCUT2D eigenvalue weighted by atomic mass is 9.87. The molecular formula is C12H26N2O. The zero-order valence-electron chi connectivity index (χ0n) is 10.9. The van der Waals surface area contributed by atoms with E-state index in [2.05, 4.69) is 26.1 Å². The Hall–Kier alpha value is -0.570. The van der Waals surface area contributed by atoms with Gasteiger partial charge in [0.2, 0.25) is 5.91 Å². The summed E-state index contributed by atoms with van der Waals surface area (Å²) in [4.78, 5) is 11.7. The Kier molecular flexibility index (Phi) is 5.29. The average Bonchev–Trinajstić information content (AvgIpc) is 2.10. The van der Waals surface area contributed by atoms with Crippen LogP contribution in [0.1, 0.15) is 41.5 Å². The van der Waals surface area contributed by atoms with E-state index in [1.165, 1.54) is 0 Å². The molecule has 0 aromatic heterocycles. The van der Waals surface area contributed by atoms with Crippen LogP contribution < -0.4 is 11.1 Å². The van der Waals surface area contributed by atoms with E-state index in [-0.39, 0.29) is 11.3 Å².